The number of halogens is 1. The van der Waals surface area contributed by atoms with Crippen molar-refractivity contribution in [3.63, 3.8) is 0 Å². The first kappa shape index (κ1) is 15.3. The number of aromatic nitrogens is 1. The van der Waals surface area contributed by atoms with E-state index in [1.807, 2.05) is 32.0 Å². The van der Waals surface area contributed by atoms with Gasteiger partial charge in [0.2, 0.25) is 0 Å². The monoisotopic (exact) mass is 303 g/mol. The molecule has 0 unspecified atom stereocenters. The fourth-order valence-corrected chi connectivity index (χ4v) is 1.95. The zero-order valence-corrected chi connectivity index (χ0v) is 12.8. The Bertz CT molecular complexity index is 594. The van der Waals surface area contributed by atoms with Gasteiger partial charge in [-0.15, -0.1) is 0 Å². The van der Waals surface area contributed by atoms with Crippen molar-refractivity contribution >= 4 is 23.2 Å². The van der Waals surface area contributed by atoms with E-state index in [-0.39, 0.29) is 5.91 Å². The lowest BCUT2D eigenvalue weighted by Crippen LogP contribution is -2.23. The Kier molecular flexibility index (Phi) is 5.17. The summed E-state index contributed by atoms with van der Waals surface area (Å²) in [5, 5.41) is 6.74. The average molecular weight is 304 g/mol. The molecule has 4 nitrogen and oxygen atoms in total. The standard InChI is InChI=1S/C16H18ClN3O/c1-11(2)20-14-7-8-15(18-10-14)16(21)19-9-12-3-5-13(17)6-4-12/h3-8,10-11,20H,9H2,1-2H3,(H,19,21). The van der Waals surface area contributed by atoms with Gasteiger partial charge in [0, 0.05) is 17.6 Å². The summed E-state index contributed by atoms with van der Waals surface area (Å²) in [6, 6.07) is 11.3. The summed E-state index contributed by atoms with van der Waals surface area (Å²) in [7, 11) is 0. The minimum atomic E-state index is -0.193. The predicted octanol–water partition coefficient (Wildman–Crippen LogP) is 3.49. The van der Waals surface area contributed by atoms with Crippen LogP contribution in [-0.4, -0.2) is 16.9 Å². The maximum Gasteiger partial charge on any atom is 0.270 e. The molecule has 0 saturated carbocycles. The molecular weight excluding hydrogens is 286 g/mol. The van der Waals surface area contributed by atoms with Crippen molar-refractivity contribution in [3.8, 4) is 0 Å². The van der Waals surface area contributed by atoms with Crippen LogP contribution in [-0.2, 0) is 6.54 Å². The van der Waals surface area contributed by atoms with Crippen LogP contribution >= 0.6 is 11.6 Å². The number of benzene rings is 1. The Hall–Kier alpha value is -2.07. The van der Waals surface area contributed by atoms with Gasteiger partial charge in [0.25, 0.3) is 5.91 Å². The van der Waals surface area contributed by atoms with Crippen LogP contribution < -0.4 is 10.6 Å². The van der Waals surface area contributed by atoms with E-state index in [0.717, 1.165) is 11.3 Å². The minimum Gasteiger partial charge on any atom is -0.382 e. The molecule has 2 N–H and O–H groups in total. The summed E-state index contributed by atoms with van der Waals surface area (Å²) >= 11 is 5.82. The predicted molar refractivity (Wildman–Crippen MR) is 85.6 cm³/mol. The summed E-state index contributed by atoms with van der Waals surface area (Å²) in [6.07, 6.45) is 1.66. The smallest absolute Gasteiger partial charge is 0.270 e. The fraction of sp³-hybridized carbons (Fsp3) is 0.250. The van der Waals surface area contributed by atoms with Crippen molar-refractivity contribution in [2.45, 2.75) is 26.4 Å². The van der Waals surface area contributed by atoms with Crippen molar-refractivity contribution in [2.75, 3.05) is 5.32 Å². The van der Waals surface area contributed by atoms with Crippen molar-refractivity contribution in [1.82, 2.24) is 10.3 Å². The maximum absolute atomic E-state index is 12.0. The second kappa shape index (κ2) is 7.09. The van der Waals surface area contributed by atoms with Gasteiger partial charge in [0.05, 0.1) is 11.9 Å². The number of rotatable bonds is 5. The highest BCUT2D eigenvalue weighted by atomic mass is 35.5. The minimum absolute atomic E-state index is 0.193. The third-order valence-corrected chi connectivity index (χ3v) is 3.07. The van der Waals surface area contributed by atoms with Gasteiger partial charge in [0.15, 0.2) is 0 Å². The van der Waals surface area contributed by atoms with Crippen LogP contribution in [0.4, 0.5) is 5.69 Å². The molecule has 0 spiro atoms. The first-order chi connectivity index (χ1) is 10.0. The van der Waals surface area contributed by atoms with Gasteiger partial charge in [-0.2, -0.15) is 0 Å². The van der Waals surface area contributed by atoms with Crippen molar-refractivity contribution in [3.05, 3.63) is 58.9 Å². The van der Waals surface area contributed by atoms with Gasteiger partial charge in [-0.1, -0.05) is 23.7 Å². The van der Waals surface area contributed by atoms with E-state index in [1.165, 1.54) is 0 Å². The molecule has 0 aliphatic carbocycles. The molecule has 0 saturated heterocycles. The highest BCUT2D eigenvalue weighted by Gasteiger charge is 2.07. The van der Waals surface area contributed by atoms with Gasteiger partial charge in [-0.25, -0.2) is 4.98 Å². The molecular formula is C16H18ClN3O. The van der Waals surface area contributed by atoms with Crippen LogP contribution in [0.1, 0.15) is 29.9 Å². The van der Waals surface area contributed by atoms with Gasteiger partial charge < -0.3 is 10.6 Å². The molecule has 0 atom stereocenters. The highest BCUT2D eigenvalue weighted by molar-refractivity contribution is 6.30. The van der Waals surface area contributed by atoms with E-state index in [9.17, 15) is 4.79 Å². The molecule has 1 amide bonds. The molecule has 0 bridgehead atoms. The molecule has 110 valence electrons. The van der Waals surface area contributed by atoms with Crippen LogP contribution in [0.15, 0.2) is 42.6 Å². The summed E-state index contributed by atoms with van der Waals surface area (Å²) in [4.78, 5) is 16.2. The second-order valence-corrected chi connectivity index (χ2v) is 5.48. The Labute approximate surface area is 129 Å². The summed E-state index contributed by atoms with van der Waals surface area (Å²) in [5.74, 6) is -0.193. The average Bonchev–Trinajstić information content (AvgIpc) is 2.46. The number of carbonyl (C=O) groups is 1. The normalized spacial score (nSPS) is 10.5. The lowest BCUT2D eigenvalue weighted by molar-refractivity contribution is 0.0946. The number of nitrogens with one attached hydrogen (secondary N) is 2. The molecule has 2 rings (SSSR count). The lowest BCUT2D eigenvalue weighted by Gasteiger charge is -2.10. The van der Waals surface area contributed by atoms with E-state index >= 15 is 0 Å². The van der Waals surface area contributed by atoms with Gasteiger partial charge in [-0.3, -0.25) is 4.79 Å². The third kappa shape index (κ3) is 4.76. The van der Waals surface area contributed by atoms with Gasteiger partial charge >= 0.3 is 0 Å². The summed E-state index contributed by atoms with van der Waals surface area (Å²) in [5.41, 5.74) is 2.29. The fourth-order valence-electron chi connectivity index (χ4n) is 1.82. The number of carbonyl (C=O) groups excluding carboxylic acids is 1. The van der Waals surface area contributed by atoms with E-state index in [2.05, 4.69) is 15.6 Å². The highest BCUT2D eigenvalue weighted by Crippen LogP contribution is 2.10. The zero-order valence-electron chi connectivity index (χ0n) is 12.1. The molecule has 0 aliphatic heterocycles. The third-order valence-electron chi connectivity index (χ3n) is 2.82. The summed E-state index contributed by atoms with van der Waals surface area (Å²) < 4.78 is 0. The Balaban J connectivity index is 1.92. The Morgan fingerprint density at radius 3 is 2.48 bits per heavy atom. The van der Waals surface area contributed by atoms with Crippen molar-refractivity contribution in [2.24, 2.45) is 0 Å². The van der Waals surface area contributed by atoms with Crippen LogP contribution in [0.25, 0.3) is 0 Å². The molecule has 0 radical (unpaired) electrons. The summed E-state index contributed by atoms with van der Waals surface area (Å²) in [6.45, 7) is 4.54. The largest absolute Gasteiger partial charge is 0.382 e. The van der Waals surface area contributed by atoms with Gasteiger partial charge in [-0.05, 0) is 43.7 Å². The van der Waals surface area contributed by atoms with E-state index in [1.54, 1.807) is 24.4 Å². The molecule has 1 heterocycles. The van der Waals surface area contributed by atoms with E-state index in [4.69, 9.17) is 11.6 Å². The van der Waals surface area contributed by atoms with Crippen molar-refractivity contribution < 1.29 is 4.79 Å². The first-order valence-electron chi connectivity index (χ1n) is 6.80. The molecule has 5 heteroatoms. The number of anilines is 1. The van der Waals surface area contributed by atoms with Crippen LogP contribution in [0.3, 0.4) is 0 Å². The van der Waals surface area contributed by atoms with Gasteiger partial charge in [0.1, 0.15) is 5.69 Å². The second-order valence-electron chi connectivity index (χ2n) is 5.04. The number of hydrogen-bond acceptors (Lipinski definition) is 3. The SMILES string of the molecule is CC(C)Nc1ccc(C(=O)NCc2ccc(Cl)cc2)nc1. The van der Waals surface area contributed by atoms with Crippen molar-refractivity contribution in [1.29, 1.82) is 0 Å². The number of hydrogen-bond donors (Lipinski definition) is 2. The van der Waals surface area contributed by atoms with E-state index in [0.29, 0.717) is 23.3 Å². The number of amides is 1. The van der Waals surface area contributed by atoms with E-state index < -0.39 is 0 Å². The molecule has 0 aliphatic rings. The van der Waals surface area contributed by atoms with Crippen LogP contribution in [0.5, 0.6) is 0 Å². The lowest BCUT2D eigenvalue weighted by atomic mass is 10.2. The quantitative estimate of drug-likeness (QED) is 0.889. The molecule has 1 aromatic heterocycles. The molecule has 21 heavy (non-hydrogen) atoms. The van der Waals surface area contributed by atoms with Crippen LogP contribution in [0.2, 0.25) is 5.02 Å². The van der Waals surface area contributed by atoms with Crippen LogP contribution in [0, 0.1) is 0 Å². The Morgan fingerprint density at radius 2 is 1.90 bits per heavy atom. The molecule has 1 aromatic carbocycles. The number of nitrogens with zero attached hydrogens (tertiary/aromatic N) is 1. The Morgan fingerprint density at radius 1 is 1.19 bits per heavy atom. The maximum atomic E-state index is 12.0. The zero-order chi connectivity index (χ0) is 15.2. The number of pyridine rings is 1. The molecule has 2 aromatic rings. The topological polar surface area (TPSA) is 54.0 Å². The molecule has 0 fully saturated rings. The first-order valence-corrected chi connectivity index (χ1v) is 7.17.